The lowest BCUT2D eigenvalue weighted by molar-refractivity contribution is 0.261. The molecule has 0 saturated carbocycles. The number of nitrogens with zero attached hydrogens (tertiary/aromatic N) is 3. The summed E-state index contributed by atoms with van der Waals surface area (Å²) in [6, 6.07) is 1.87. The molecule has 0 aliphatic carbocycles. The van der Waals surface area contributed by atoms with E-state index in [1.54, 1.807) is 7.05 Å². The first-order valence-corrected chi connectivity index (χ1v) is 7.09. The SMILES string of the molecule is CC1CN(S(=O)(=O)c2ccnn2C)CC(C)N1.Cl. The van der Waals surface area contributed by atoms with Crippen molar-refractivity contribution in [1.82, 2.24) is 19.4 Å². The van der Waals surface area contributed by atoms with E-state index < -0.39 is 10.0 Å². The van der Waals surface area contributed by atoms with Crippen LogP contribution in [0.1, 0.15) is 13.8 Å². The summed E-state index contributed by atoms with van der Waals surface area (Å²) in [5.41, 5.74) is 0. The van der Waals surface area contributed by atoms with Gasteiger partial charge in [-0.3, -0.25) is 4.68 Å². The van der Waals surface area contributed by atoms with Crippen LogP contribution >= 0.6 is 12.4 Å². The second kappa shape index (κ2) is 5.56. The van der Waals surface area contributed by atoms with Crippen LogP contribution in [0.4, 0.5) is 0 Å². The summed E-state index contributed by atoms with van der Waals surface area (Å²) in [5, 5.41) is 7.47. The van der Waals surface area contributed by atoms with Crippen LogP contribution < -0.4 is 5.32 Å². The topological polar surface area (TPSA) is 67.2 Å². The van der Waals surface area contributed by atoms with E-state index in [-0.39, 0.29) is 29.5 Å². The Morgan fingerprint density at radius 2 is 1.89 bits per heavy atom. The number of aromatic nitrogens is 2. The van der Waals surface area contributed by atoms with Crippen molar-refractivity contribution in [2.24, 2.45) is 7.05 Å². The first kappa shape index (κ1) is 15.4. The fraction of sp³-hybridized carbons (Fsp3) is 0.700. The van der Waals surface area contributed by atoms with E-state index in [1.807, 2.05) is 13.8 Å². The molecule has 6 nitrogen and oxygen atoms in total. The molecule has 1 fully saturated rings. The Morgan fingerprint density at radius 3 is 2.33 bits per heavy atom. The molecule has 0 spiro atoms. The minimum Gasteiger partial charge on any atom is -0.309 e. The van der Waals surface area contributed by atoms with E-state index in [0.29, 0.717) is 13.1 Å². The number of nitrogens with one attached hydrogen (secondary N) is 1. The van der Waals surface area contributed by atoms with Crippen molar-refractivity contribution in [3.8, 4) is 0 Å². The highest BCUT2D eigenvalue weighted by Crippen LogP contribution is 2.17. The molecule has 1 N–H and O–H groups in total. The van der Waals surface area contributed by atoms with Gasteiger partial charge in [0.25, 0.3) is 10.0 Å². The van der Waals surface area contributed by atoms with Crippen molar-refractivity contribution in [2.75, 3.05) is 13.1 Å². The van der Waals surface area contributed by atoms with E-state index in [0.717, 1.165) is 0 Å². The zero-order valence-electron chi connectivity index (χ0n) is 10.7. The predicted molar refractivity (Wildman–Crippen MR) is 71.3 cm³/mol. The van der Waals surface area contributed by atoms with Crippen LogP contribution in [0.25, 0.3) is 0 Å². The van der Waals surface area contributed by atoms with Gasteiger partial charge in [0.05, 0.1) is 6.20 Å². The molecule has 8 heteroatoms. The summed E-state index contributed by atoms with van der Waals surface area (Å²) >= 11 is 0. The first-order chi connectivity index (χ1) is 7.91. The molecule has 2 unspecified atom stereocenters. The molecular weight excluding hydrogens is 276 g/mol. The third kappa shape index (κ3) is 2.85. The number of halogens is 1. The minimum absolute atomic E-state index is 0. The van der Waals surface area contributed by atoms with Crippen molar-refractivity contribution < 1.29 is 8.42 Å². The van der Waals surface area contributed by atoms with Crippen molar-refractivity contribution >= 4 is 22.4 Å². The molecule has 1 aliphatic rings. The lowest BCUT2D eigenvalue weighted by Crippen LogP contribution is -2.55. The molecule has 1 aromatic rings. The predicted octanol–water partition coefficient (Wildman–Crippen LogP) is 0.213. The lowest BCUT2D eigenvalue weighted by Gasteiger charge is -2.35. The van der Waals surface area contributed by atoms with Crippen molar-refractivity contribution in [2.45, 2.75) is 31.0 Å². The molecule has 0 radical (unpaired) electrons. The Balaban J connectivity index is 0.00000162. The summed E-state index contributed by atoms with van der Waals surface area (Å²) in [7, 11) is -1.78. The highest BCUT2D eigenvalue weighted by molar-refractivity contribution is 7.89. The van der Waals surface area contributed by atoms with E-state index in [2.05, 4.69) is 10.4 Å². The van der Waals surface area contributed by atoms with E-state index in [1.165, 1.54) is 21.3 Å². The highest BCUT2D eigenvalue weighted by atomic mass is 35.5. The Morgan fingerprint density at radius 1 is 1.33 bits per heavy atom. The zero-order chi connectivity index (χ0) is 12.6. The average molecular weight is 295 g/mol. The van der Waals surface area contributed by atoms with Gasteiger partial charge in [0.1, 0.15) is 0 Å². The largest absolute Gasteiger partial charge is 0.309 e. The van der Waals surface area contributed by atoms with Gasteiger partial charge in [0.2, 0.25) is 0 Å². The van der Waals surface area contributed by atoms with Crippen LogP contribution in [0.15, 0.2) is 17.3 Å². The molecular formula is C10H19ClN4O2S. The van der Waals surface area contributed by atoms with Gasteiger partial charge in [-0.15, -0.1) is 12.4 Å². The minimum atomic E-state index is -3.42. The number of hydrogen-bond donors (Lipinski definition) is 1. The Labute approximate surface area is 114 Å². The van der Waals surface area contributed by atoms with Crippen LogP contribution in [-0.4, -0.2) is 47.7 Å². The van der Waals surface area contributed by atoms with Crippen molar-refractivity contribution in [1.29, 1.82) is 0 Å². The maximum absolute atomic E-state index is 12.4. The summed E-state index contributed by atoms with van der Waals surface area (Å²) < 4.78 is 27.7. The fourth-order valence-corrected chi connectivity index (χ4v) is 3.94. The molecule has 0 bridgehead atoms. The van der Waals surface area contributed by atoms with Gasteiger partial charge in [-0.25, -0.2) is 8.42 Å². The second-order valence-corrected chi connectivity index (χ2v) is 6.47. The lowest BCUT2D eigenvalue weighted by atomic mass is 10.2. The Hall–Kier alpha value is -0.630. The van der Waals surface area contributed by atoms with Crippen LogP contribution in [0.2, 0.25) is 0 Å². The van der Waals surface area contributed by atoms with Gasteiger partial charge in [-0.2, -0.15) is 9.40 Å². The molecule has 1 saturated heterocycles. The van der Waals surface area contributed by atoms with Gasteiger partial charge in [-0.1, -0.05) is 0 Å². The van der Waals surface area contributed by atoms with Gasteiger partial charge in [-0.05, 0) is 19.9 Å². The van der Waals surface area contributed by atoms with Gasteiger partial charge in [0, 0.05) is 32.2 Å². The monoisotopic (exact) mass is 294 g/mol. The van der Waals surface area contributed by atoms with Crippen LogP contribution in [0, 0.1) is 0 Å². The third-order valence-electron chi connectivity index (χ3n) is 2.90. The van der Waals surface area contributed by atoms with Crippen molar-refractivity contribution in [3.05, 3.63) is 12.3 Å². The smallest absolute Gasteiger partial charge is 0.260 e. The normalized spacial score (nSPS) is 25.7. The quantitative estimate of drug-likeness (QED) is 0.847. The standard InChI is InChI=1S/C10H18N4O2S.ClH/c1-8-6-14(7-9(2)12-8)17(15,16)10-4-5-11-13(10)3;/h4-5,8-9,12H,6-7H2,1-3H3;1H. The van der Waals surface area contributed by atoms with Gasteiger partial charge < -0.3 is 5.32 Å². The maximum atomic E-state index is 12.4. The van der Waals surface area contributed by atoms with Gasteiger partial charge in [0.15, 0.2) is 5.03 Å². The third-order valence-corrected chi connectivity index (χ3v) is 4.81. The molecule has 104 valence electrons. The number of hydrogen-bond acceptors (Lipinski definition) is 4. The van der Waals surface area contributed by atoms with E-state index in [9.17, 15) is 8.42 Å². The summed E-state index contributed by atoms with van der Waals surface area (Å²) in [6.07, 6.45) is 1.50. The summed E-state index contributed by atoms with van der Waals surface area (Å²) in [4.78, 5) is 0. The Bertz CT molecular complexity index is 492. The molecule has 2 atom stereocenters. The molecule has 2 heterocycles. The van der Waals surface area contributed by atoms with E-state index >= 15 is 0 Å². The van der Waals surface area contributed by atoms with Crippen molar-refractivity contribution in [3.63, 3.8) is 0 Å². The van der Waals surface area contributed by atoms with E-state index in [4.69, 9.17) is 0 Å². The van der Waals surface area contributed by atoms with Gasteiger partial charge >= 0.3 is 0 Å². The summed E-state index contributed by atoms with van der Waals surface area (Å²) in [6.45, 7) is 4.97. The molecule has 2 rings (SSSR count). The summed E-state index contributed by atoms with van der Waals surface area (Å²) in [5.74, 6) is 0. The average Bonchev–Trinajstić information content (AvgIpc) is 2.63. The van der Waals surface area contributed by atoms with Crippen LogP contribution in [-0.2, 0) is 17.1 Å². The molecule has 0 aromatic carbocycles. The maximum Gasteiger partial charge on any atom is 0.260 e. The van der Waals surface area contributed by atoms with Crippen LogP contribution in [0.5, 0.6) is 0 Å². The molecule has 1 aromatic heterocycles. The molecule has 18 heavy (non-hydrogen) atoms. The zero-order valence-corrected chi connectivity index (χ0v) is 12.3. The number of rotatable bonds is 2. The van der Waals surface area contributed by atoms with Crippen LogP contribution in [0.3, 0.4) is 0 Å². The number of piperazine rings is 1. The number of aryl methyl sites for hydroxylation is 1. The molecule has 1 aliphatic heterocycles. The Kier molecular flexibility index (Phi) is 4.77. The highest BCUT2D eigenvalue weighted by Gasteiger charge is 2.32. The fourth-order valence-electron chi connectivity index (χ4n) is 2.22. The second-order valence-electron chi connectivity index (χ2n) is 4.58. The number of sulfonamides is 1. The molecule has 0 amide bonds. The first-order valence-electron chi connectivity index (χ1n) is 5.65.